The molecule has 1 aliphatic rings. The van der Waals surface area contributed by atoms with Crippen LogP contribution >= 0.6 is 11.3 Å². The van der Waals surface area contributed by atoms with Crippen molar-refractivity contribution in [2.45, 2.75) is 32.4 Å². The average Bonchev–Trinajstić information content (AvgIpc) is 3.15. The molecular formula is C20H23NO5S. The fraction of sp³-hybridized carbons (Fsp3) is 0.400. The Kier molecular flexibility index (Phi) is 6.34. The topological polar surface area (TPSA) is 65.1 Å². The summed E-state index contributed by atoms with van der Waals surface area (Å²) in [4.78, 5) is 27.7. The number of hydrogen-bond acceptors (Lipinski definition) is 6. The highest BCUT2D eigenvalue weighted by Crippen LogP contribution is 2.26. The van der Waals surface area contributed by atoms with Gasteiger partial charge in [-0.2, -0.15) is 0 Å². The van der Waals surface area contributed by atoms with Gasteiger partial charge in [0.2, 0.25) is 0 Å². The van der Waals surface area contributed by atoms with E-state index < -0.39 is 12.1 Å². The quantitative estimate of drug-likeness (QED) is 0.681. The number of amides is 1. The molecule has 7 heteroatoms. The van der Waals surface area contributed by atoms with Crippen molar-refractivity contribution in [3.8, 4) is 11.5 Å². The molecule has 3 rings (SSSR count). The Bertz CT molecular complexity index is 803. The van der Waals surface area contributed by atoms with Crippen LogP contribution in [0.15, 0.2) is 35.7 Å². The summed E-state index contributed by atoms with van der Waals surface area (Å²) in [6, 6.07) is 9.27. The molecule has 1 aromatic heterocycles. The molecule has 144 valence electrons. The average molecular weight is 389 g/mol. The fourth-order valence-electron chi connectivity index (χ4n) is 2.98. The van der Waals surface area contributed by atoms with Crippen LogP contribution < -0.4 is 9.47 Å². The number of carbonyl (C=O) groups is 2. The van der Waals surface area contributed by atoms with Gasteiger partial charge in [0.05, 0.1) is 20.1 Å². The van der Waals surface area contributed by atoms with Crippen LogP contribution in [-0.2, 0) is 27.3 Å². The van der Waals surface area contributed by atoms with E-state index in [2.05, 4.69) is 0 Å². The fourth-order valence-corrected chi connectivity index (χ4v) is 3.87. The summed E-state index contributed by atoms with van der Waals surface area (Å²) < 4.78 is 16.1. The molecule has 0 saturated heterocycles. The third-order valence-electron chi connectivity index (χ3n) is 4.41. The molecule has 2 heterocycles. The molecule has 1 unspecified atom stereocenters. The van der Waals surface area contributed by atoms with Gasteiger partial charge in [-0.3, -0.25) is 9.59 Å². The molecular weight excluding hydrogens is 366 g/mol. The second-order valence-electron chi connectivity index (χ2n) is 6.26. The Balaban J connectivity index is 1.44. The van der Waals surface area contributed by atoms with Crippen LogP contribution in [0, 0.1) is 0 Å². The van der Waals surface area contributed by atoms with Crippen LogP contribution in [0.25, 0.3) is 0 Å². The van der Waals surface area contributed by atoms with Gasteiger partial charge in [0.25, 0.3) is 5.91 Å². The van der Waals surface area contributed by atoms with Gasteiger partial charge in [-0.1, -0.05) is 12.1 Å². The van der Waals surface area contributed by atoms with Gasteiger partial charge in [-0.15, -0.1) is 11.3 Å². The zero-order valence-electron chi connectivity index (χ0n) is 15.5. The summed E-state index contributed by atoms with van der Waals surface area (Å²) >= 11 is 1.72. The van der Waals surface area contributed by atoms with Crippen molar-refractivity contribution in [2.75, 3.05) is 20.3 Å². The molecule has 1 amide bonds. The van der Waals surface area contributed by atoms with Crippen molar-refractivity contribution in [2.24, 2.45) is 0 Å². The van der Waals surface area contributed by atoms with Crippen molar-refractivity contribution < 1.29 is 23.8 Å². The lowest BCUT2D eigenvalue weighted by Crippen LogP contribution is -2.42. The lowest BCUT2D eigenvalue weighted by molar-refractivity contribution is -0.159. The molecule has 0 bridgehead atoms. The van der Waals surface area contributed by atoms with Gasteiger partial charge in [0, 0.05) is 18.0 Å². The molecule has 0 N–H and O–H groups in total. The molecule has 0 spiro atoms. The predicted molar refractivity (Wildman–Crippen MR) is 102 cm³/mol. The number of nitrogens with zero attached hydrogens (tertiary/aromatic N) is 1. The van der Waals surface area contributed by atoms with E-state index in [1.54, 1.807) is 42.4 Å². The van der Waals surface area contributed by atoms with Crippen LogP contribution in [0.2, 0.25) is 0 Å². The van der Waals surface area contributed by atoms with Crippen LogP contribution in [0.3, 0.4) is 0 Å². The predicted octanol–water partition coefficient (Wildman–Crippen LogP) is 3.04. The van der Waals surface area contributed by atoms with Crippen molar-refractivity contribution in [3.05, 3.63) is 46.2 Å². The summed E-state index contributed by atoms with van der Waals surface area (Å²) in [7, 11) is 1.56. The van der Waals surface area contributed by atoms with Crippen molar-refractivity contribution in [1.29, 1.82) is 0 Å². The maximum absolute atomic E-state index is 12.5. The standard InChI is InChI=1S/C20H23NO5S/c1-14(20(23)21-10-7-18-15(13-21)9-12-27-18)26-19(22)8-11-25-17-6-4-3-5-16(17)24-2/h3-6,9,12,14H,7-8,10-11,13H2,1-2H3. The minimum Gasteiger partial charge on any atom is -0.493 e. The van der Waals surface area contributed by atoms with Crippen molar-refractivity contribution >= 4 is 23.2 Å². The van der Waals surface area contributed by atoms with Gasteiger partial charge < -0.3 is 19.1 Å². The van der Waals surface area contributed by atoms with E-state index in [1.165, 1.54) is 10.4 Å². The Hall–Kier alpha value is -2.54. The summed E-state index contributed by atoms with van der Waals surface area (Å²) in [5.41, 5.74) is 1.18. The first kappa shape index (κ1) is 19.2. The monoisotopic (exact) mass is 389 g/mol. The number of ether oxygens (including phenoxy) is 3. The SMILES string of the molecule is COc1ccccc1OCCC(=O)OC(C)C(=O)N1CCc2sccc2C1. The lowest BCUT2D eigenvalue weighted by Gasteiger charge is -2.29. The van der Waals surface area contributed by atoms with Crippen molar-refractivity contribution in [3.63, 3.8) is 0 Å². The van der Waals surface area contributed by atoms with Gasteiger partial charge >= 0.3 is 5.97 Å². The Morgan fingerprint density at radius 3 is 2.78 bits per heavy atom. The number of methoxy groups -OCH3 is 1. The summed E-state index contributed by atoms with van der Waals surface area (Å²) in [5.74, 6) is 0.550. The van der Waals surface area contributed by atoms with Gasteiger partial charge in [0.15, 0.2) is 17.6 Å². The van der Waals surface area contributed by atoms with E-state index in [4.69, 9.17) is 14.2 Å². The molecule has 0 aliphatic carbocycles. The lowest BCUT2D eigenvalue weighted by atomic mass is 10.1. The Morgan fingerprint density at radius 1 is 1.22 bits per heavy atom. The first-order chi connectivity index (χ1) is 13.1. The van der Waals surface area contributed by atoms with Crippen molar-refractivity contribution in [1.82, 2.24) is 4.90 Å². The third kappa shape index (κ3) is 4.80. The molecule has 0 radical (unpaired) electrons. The largest absolute Gasteiger partial charge is 0.493 e. The molecule has 0 fully saturated rings. The number of rotatable bonds is 7. The van der Waals surface area contributed by atoms with Gasteiger partial charge in [-0.25, -0.2) is 0 Å². The summed E-state index contributed by atoms with van der Waals surface area (Å²) in [5, 5.41) is 2.05. The number of fused-ring (bicyclic) bond motifs is 1. The number of para-hydroxylation sites is 2. The van der Waals surface area contributed by atoms with E-state index in [0.717, 1.165) is 6.42 Å². The number of esters is 1. The molecule has 6 nitrogen and oxygen atoms in total. The van der Waals surface area contributed by atoms with Gasteiger partial charge in [0.1, 0.15) is 0 Å². The third-order valence-corrected chi connectivity index (χ3v) is 5.43. The minimum absolute atomic E-state index is 0.0599. The van der Waals surface area contributed by atoms with E-state index in [0.29, 0.717) is 24.6 Å². The number of carbonyl (C=O) groups excluding carboxylic acids is 2. The maximum atomic E-state index is 12.5. The molecule has 1 aliphatic heterocycles. The number of hydrogen-bond donors (Lipinski definition) is 0. The first-order valence-electron chi connectivity index (χ1n) is 8.88. The highest BCUT2D eigenvalue weighted by Gasteiger charge is 2.27. The van der Waals surface area contributed by atoms with E-state index in [-0.39, 0.29) is 18.9 Å². The number of thiophene rings is 1. The second kappa shape index (κ2) is 8.90. The zero-order chi connectivity index (χ0) is 19.2. The molecule has 0 saturated carbocycles. The number of benzene rings is 1. The summed E-state index contributed by atoms with van der Waals surface area (Å²) in [6.45, 7) is 3.01. The molecule has 1 atom stereocenters. The second-order valence-corrected chi connectivity index (χ2v) is 7.26. The van der Waals surface area contributed by atoms with Gasteiger partial charge in [-0.05, 0) is 42.5 Å². The van der Waals surface area contributed by atoms with Crippen LogP contribution in [0.1, 0.15) is 23.8 Å². The molecule has 2 aromatic rings. The minimum atomic E-state index is -0.802. The molecule has 1 aromatic carbocycles. The Labute approximate surface area is 162 Å². The summed E-state index contributed by atoms with van der Waals surface area (Å²) in [6.07, 6.45) is 0.111. The van der Waals surface area contributed by atoms with E-state index in [9.17, 15) is 9.59 Å². The first-order valence-corrected chi connectivity index (χ1v) is 9.75. The van der Waals surface area contributed by atoms with E-state index >= 15 is 0 Å². The highest BCUT2D eigenvalue weighted by molar-refractivity contribution is 7.10. The van der Waals surface area contributed by atoms with Crippen LogP contribution in [0.5, 0.6) is 11.5 Å². The Morgan fingerprint density at radius 2 is 2.00 bits per heavy atom. The van der Waals surface area contributed by atoms with Crippen LogP contribution in [0.4, 0.5) is 0 Å². The highest BCUT2D eigenvalue weighted by atomic mass is 32.1. The maximum Gasteiger partial charge on any atom is 0.310 e. The normalized spacial score (nSPS) is 14.2. The van der Waals surface area contributed by atoms with Crippen LogP contribution in [-0.4, -0.2) is 43.1 Å². The smallest absolute Gasteiger partial charge is 0.310 e. The zero-order valence-corrected chi connectivity index (χ0v) is 16.3. The molecule has 27 heavy (non-hydrogen) atoms. The van der Waals surface area contributed by atoms with E-state index in [1.807, 2.05) is 23.6 Å².